The van der Waals surface area contributed by atoms with Gasteiger partial charge in [-0.25, -0.2) is 4.79 Å². The highest BCUT2D eigenvalue weighted by Gasteiger charge is 2.41. The van der Waals surface area contributed by atoms with E-state index >= 15 is 0 Å². The molecule has 8 aromatic rings. The smallest absolute Gasteiger partial charge is 0.344 e. The molecule has 0 aromatic heterocycles. The Morgan fingerprint density at radius 1 is 0.440 bits per heavy atom. The van der Waals surface area contributed by atoms with Gasteiger partial charge in [0.25, 0.3) is 11.2 Å². The van der Waals surface area contributed by atoms with Crippen LogP contribution in [0.15, 0.2) is 212 Å². The van der Waals surface area contributed by atoms with Crippen LogP contribution < -0.4 is 24.3 Å². The lowest BCUT2D eigenvalue weighted by Gasteiger charge is -2.25. The van der Waals surface area contributed by atoms with Gasteiger partial charge in [0.15, 0.2) is 23.0 Å². The van der Waals surface area contributed by atoms with E-state index in [0.29, 0.717) is 136 Å². The van der Waals surface area contributed by atoms with Gasteiger partial charge in [-0.3, -0.25) is 9.59 Å². The maximum atomic E-state index is 13.2. The van der Waals surface area contributed by atoms with Gasteiger partial charge in [0.05, 0.1) is 72.6 Å². The van der Waals surface area contributed by atoms with E-state index in [1.165, 1.54) is 0 Å². The Kier molecular flexibility index (Phi) is 31.9. The van der Waals surface area contributed by atoms with Crippen molar-refractivity contribution in [2.45, 2.75) is 63.9 Å². The van der Waals surface area contributed by atoms with Crippen LogP contribution in [0.1, 0.15) is 70.2 Å². The van der Waals surface area contributed by atoms with E-state index < -0.39 is 23.1 Å². The summed E-state index contributed by atoms with van der Waals surface area (Å²) in [5.74, 6) is 1.48. The summed E-state index contributed by atoms with van der Waals surface area (Å²) in [4.78, 5) is 40.2. The molecule has 2 amide bonds. The third-order valence-corrected chi connectivity index (χ3v) is 15.3. The Morgan fingerprint density at radius 2 is 0.820 bits per heavy atom. The highest BCUT2D eigenvalue weighted by Crippen LogP contribution is 2.36. The molecule has 1 aliphatic heterocycles. The standard InChI is InChI=1S/C43H49NO12.C36H37N3O5/c45-42(16-9-19-56-43(34-44-46,36-10-3-1-4-11-36)37-12-5-2-6-13-37)55-33-35-17-18-40-41(32-35)54-31-27-50-23-22-48-25-29-52-39-15-8-7-14-38(39)51-28-24-47-20-21-49-26-30-53-40;1-28-23-29(2)25-30(24-28)26-39(35(41)38-33-17-10-5-11-18-33)20-22-43-34(40)19-12-21-44-36(27-37-42,31-13-6-3-7-14-31)32-15-8-4-9-16-32/h1-8,10-15,17-18,32H,9,16,19-31,33H2;3-11,13-18,23-25H,12,19-22,26H2,1-2H3,(H,38,41). The summed E-state index contributed by atoms with van der Waals surface area (Å²) in [6.07, 6.45) is 0.889. The lowest BCUT2D eigenvalue weighted by molar-refractivity contribution is -0.146. The number of urea groups is 1. The van der Waals surface area contributed by atoms with Crippen molar-refractivity contribution >= 4 is 23.7 Å². The normalized spacial score (nSPS) is 13.3. The van der Waals surface area contributed by atoms with E-state index in [-0.39, 0.29) is 65.1 Å². The average Bonchev–Trinajstić information content (AvgIpc) is 0.792. The third-order valence-electron chi connectivity index (χ3n) is 15.3. The number of carbonyl (C=O) groups excluding carboxylic acids is 3. The number of anilines is 1. The Hall–Kier alpha value is -10.5. The van der Waals surface area contributed by atoms with Gasteiger partial charge in [-0.15, -0.1) is 0 Å². The molecule has 0 radical (unpaired) electrons. The first-order valence-electron chi connectivity index (χ1n) is 33.3. The predicted octanol–water partition coefficient (Wildman–Crippen LogP) is 14.0. The monoisotopic (exact) mass is 1360 g/mol. The minimum absolute atomic E-state index is 0.0300. The second-order valence-corrected chi connectivity index (χ2v) is 22.8. The van der Waals surface area contributed by atoms with E-state index in [2.05, 4.69) is 33.5 Å². The summed E-state index contributed by atoms with van der Waals surface area (Å²) in [6, 6.07) is 70.2. The molecule has 0 bridgehead atoms. The maximum absolute atomic E-state index is 13.2. The van der Waals surface area contributed by atoms with E-state index in [4.69, 9.17) is 56.8 Å². The molecule has 0 aliphatic carbocycles. The Balaban J connectivity index is 0.000000262. The molecular formula is C79H86N4O17. The first-order valence-corrected chi connectivity index (χ1v) is 33.3. The zero-order valence-electron chi connectivity index (χ0n) is 56.5. The van der Waals surface area contributed by atoms with Crippen molar-refractivity contribution in [1.82, 2.24) is 4.90 Å². The van der Waals surface area contributed by atoms with E-state index in [1.54, 1.807) is 17.0 Å². The molecule has 21 heteroatoms. The number of hydrogen-bond acceptors (Lipinski definition) is 17. The molecule has 0 saturated carbocycles. The first-order chi connectivity index (χ1) is 49.1. The second kappa shape index (κ2) is 42.4. The third kappa shape index (κ3) is 24.8. The number of aryl methyl sites for hydroxylation is 2. The van der Waals surface area contributed by atoms with Crippen LogP contribution in [-0.4, -0.2) is 129 Å². The van der Waals surface area contributed by atoms with E-state index in [9.17, 15) is 24.8 Å². The van der Waals surface area contributed by atoms with Crippen LogP contribution in [0.3, 0.4) is 0 Å². The minimum Gasteiger partial charge on any atom is -0.498 e. The molecule has 0 spiro atoms. The molecule has 1 N–H and O–H groups in total. The predicted molar refractivity (Wildman–Crippen MR) is 380 cm³/mol. The van der Waals surface area contributed by atoms with E-state index in [1.807, 2.05) is 208 Å². The highest BCUT2D eigenvalue weighted by atomic mass is 16.6. The first kappa shape index (κ1) is 75.3. The minimum atomic E-state index is -1.32. The van der Waals surface area contributed by atoms with Gasteiger partial charge in [-0.1, -0.05) is 187 Å². The number of fused-ring (bicyclic) bond motifs is 2. The van der Waals surface area contributed by atoms with Crippen molar-refractivity contribution in [3.8, 4) is 35.1 Å². The fraction of sp³-hybridized carbons (Fsp3) is 0.329. The van der Waals surface area contributed by atoms with Gasteiger partial charge in [-0.2, -0.15) is 0 Å². The van der Waals surface area contributed by atoms with Crippen molar-refractivity contribution in [2.24, 2.45) is 0 Å². The zero-order valence-corrected chi connectivity index (χ0v) is 56.5. The van der Waals surface area contributed by atoms with Crippen molar-refractivity contribution in [3.05, 3.63) is 277 Å². The Labute approximate surface area is 584 Å². The van der Waals surface area contributed by atoms with Gasteiger partial charge in [0.1, 0.15) is 39.6 Å². The molecule has 1 aliphatic rings. The number of benzene rings is 8. The van der Waals surface area contributed by atoms with Gasteiger partial charge in [-0.05, 0) is 74.2 Å². The van der Waals surface area contributed by atoms with Crippen LogP contribution in [0.5, 0.6) is 23.0 Å². The quantitative estimate of drug-likeness (QED) is 0.0377. The van der Waals surface area contributed by atoms with Crippen LogP contribution in [-0.2, 0) is 71.8 Å². The molecular weight excluding hydrogens is 1280 g/mol. The number of amides is 2. The number of ether oxygens (including phenoxy) is 12. The number of esters is 2. The molecule has 100 heavy (non-hydrogen) atoms. The van der Waals surface area contributed by atoms with Crippen molar-refractivity contribution in [3.63, 3.8) is 0 Å². The molecule has 0 atom stereocenters. The second-order valence-electron chi connectivity index (χ2n) is 22.8. The highest BCUT2D eigenvalue weighted by molar-refractivity contribution is 5.89. The number of nitrogens with one attached hydrogen (secondary N) is 1. The molecule has 21 nitrogen and oxygen atoms in total. The number of para-hydroxylation sites is 3. The van der Waals surface area contributed by atoms with Crippen molar-refractivity contribution in [1.29, 1.82) is 0 Å². The molecule has 9 rings (SSSR count). The number of hydrogen-bond donors (Lipinski definition) is 1. The summed E-state index contributed by atoms with van der Waals surface area (Å²) in [6.45, 7) is 9.31. The molecule has 8 aromatic carbocycles. The lowest BCUT2D eigenvalue weighted by Crippen LogP contribution is -2.37. The fourth-order valence-electron chi connectivity index (χ4n) is 10.7. The van der Waals surface area contributed by atoms with Crippen molar-refractivity contribution in [2.75, 3.05) is 111 Å². The lowest BCUT2D eigenvalue weighted by atomic mass is 9.87. The fourth-order valence-corrected chi connectivity index (χ4v) is 10.7. The Morgan fingerprint density at radius 3 is 1.25 bits per heavy atom. The SMILES string of the molecule is Cc1cc(C)cc(CN(CCOC(=O)CCCOC(C#[N+][O-])(c2ccccc2)c2ccccc2)C(=O)Nc2ccccc2)c1.O=C(CCCOC(C#[N+][O-])(c1ccccc1)c1ccccc1)OCc1ccc2c(c1)OCCOCCOCCOc1ccccc1OCCOCCOCCO2. The molecule has 1 heterocycles. The summed E-state index contributed by atoms with van der Waals surface area (Å²) >= 11 is 0. The van der Waals surface area contributed by atoms with Crippen LogP contribution in [0.25, 0.3) is 10.0 Å². The molecule has 0 fully saturated rings. The van der Waals surface area contributed by atoms with Crippen molar-refractivity contribution < 1.29 is 71.2 Å². The van der Waals surface area contributed by atoms with Crippen LogP contribution >= 0.6 is 0 Å². The number of nitrogens with zero attached hydrogens (tertiary/aromatic N) is 3. The van der Waals surface area contributed by atoms with Crippen LogP contribution in [0, 0.1) is 36.4 Å². The Bertz CT molecular complexity index is 3750. The maximum Gasteiger partial charge on any atom is 0.344 e. The zero-order chi connectivity index (χ0) is 70.1. The molecule has 0 saturated heterocycles. The van der Waals surface area contributed by atoms with Gasteiger partial charge in [0.2, 0.25) is 0 Å². The van der Waals surface area contributed by atoms with Gasteiger partial charge < -0.3 is 77.5 Å². The number of rotatable bonds is 22. The molecule has 524 valence electrons. The van der Waals surface area contributed by atoms with E-state index in [0.717, 1.165) is 22.3 Å². The van der Waals surface area contributed by atoms with Gasteiger partial charge in [0, 0.05) is 57.3 Å². The largest absolute Gasteiger partial charge is 0.498 e. The van der Waals surface area contributed by atoms with Crippen LogP contribution in [0.2, 0.25) is 0 Å². The summed E-state index contributed by atoms with van der Waals surface area (Å²) < 4.78 is 69.9. The van der Waals surface area contributed by atoms with Crippen LogP contribution in [0.4, 0.5) is 10.5 Å². The van der Waals surface area contributed by atoms with Gasteiger partial charge >= 0.3 is 30.1 Å². The number of carbonyl (C=O) groups is 3. The summed E-state index contributed by atoms with van der Waals surface area (Å²) in [5.41, 5.74) is 4.78. The summed E-state index contributed by atoms with van der Waals surface area (Å²) in [7, 11) is 0. The topological polar surface area (TPSA) is 232 Å². The summed E-state index contributed by atoms with van der Waals surface area (Å²) in [5, 5.41) is 31.8. The average molecular weight is 1360 g/mol. The molecule has 0 unspecified atom stereocenters.